The number of carbonyl (C=O) groups is 1. The molecule has 7 heteroatoms. The van der Waals surface area contributed by atoms with Crippen LogP contribution in [-0.4, -0.2) is 15.7 Å². The van der Waals surface area contributed by atoms with Gasteiger partial charge in [0.25, 0.3) is 5.91 Å². The van der Waals surface area contributed by atoms with Gasteiger partial charge in [0.1, 0.15) is 5.82 Å². The van der Waals surface area contributed by atoms with E-state index in [2.05, 4.69) is 10.4 Å². The van der Waals surface area contributed by atoms with E-state index in [-0.39, 0.29) is 5.56 Å². The second-order valence-corrected chi connectivity index (χ2v) is 5.88. The fourth-order valence-electron chi connectivity index (χ4n) is 2.18. The van der Waals surface area contributed by atoms with Gasteiger partial charge in [0.05, 0.1) is 6.54 Å². The van der Waals surface area contributed by atoms with Gasteiger partial charge in [-0.05, 0) is 30.3 Å². The smallest absolute Gasteiger partial charge is 0.256 e. The summed E-state index contributed by atoms with van der Waals surface area (Å²) in [4.78, 5) is 12.1. The third kappa shape index (κ3) is 3.75. The first kappa shape index (κ1) is 16.5. The summed E-state index contributed by atoms with van der Waals surface area (Å²) in [6, 6.07) is 12.3. The van der Waals surface area contributed by atoms with E-state index >= 15 is 0 Å². The van der Waals surface area contributed by atoms with E-state index in [1.807, 2.05) is 0 Å². The highest BCUT2D eigenvalue weighted by atomic mass is 35.5. The number of rotatable bonds is 4. The van der Waals surface area contributed by atoms with Gasteiger partial charge in [0.15, 0.2) is 5.82 Å². The van der Waals surface area contributed by atoms with Crippen molar-refractivity contribution in [3.05, 3.63) is 81.7 Å². The number of nitrogens with zero attached hydrogens (tertiary/aromatic N) is 2. The number of nitrogens with one attached hydrogen (secondary N) is 1. The topological polar surface area (TPSA) is 46.9 Å². The molecule has 3 rings (SSSR count). The Hall–Kier alpha value is -2.37. The molecule has 122 valence electrons. The van der Waals surface area contributed by atoms with Crippen LogP contribution in [0.2, 0.25) is 10.0 Å². The Morgan fingerprint density at radius 1 is 1.12 bits per heavy atom. The highest BCUT2D eigenvalue weighted by molar-refractivity contribution is 6.35. The molecule has 0 unspecified atom stereocenters. The third-order valence-corrected chi connectivity index (χ3v) is 4.06. The highest BCUT2D eigenvalue weighted by Crippen LogP contribution is 2.25. The molecule has 1 N–H and O–H groups in total. The van der Waals surface area contributed by atoms with Crippen LogP contribution in [-0.2, 0) is 6.54 Å². The number of amides is 1. The van der Waals surface area contributed by atoms with Crippen LogP contribution >= 0.6 is 23.2 Å². The van der Waals surface area contributed by atoms with Gasteiger partial charge in [-0.25, -0.2) is 4.39 Å². The summed E-state index contributed by atoms with van der Waals surface area (Å²) >= 11 is 12.3. The lowest BCUT2D eigenvalue weighted by molar-refractivity contribution is 0.102. The van der Waals surface area contributed by atoms with Gasteiger partial charge in [0.2, 0.25) is 0 Å². The van der Waals surface area contributed by atoms with Crippen LogP contribution in [0.1, 0.15) is 15.9 Å². The second-order valence-electron chi connectivity index (χ2n) is 5.06. The summed E-state index contributed by atoms with van der Waals surface area (Å²) < 4.78 is 14.8. The summed E-state index contributed by atoms with van der Waals surface area (Å²) in [5, 5.41) is 7.96. The van der Waals surface area contributed by atoms with E-state index < -0.39 is 11.7 Å². The molecule has 0 spiro atoms. The SMILES string of the molecule is O=C(Nc1ccn(Cc2c(Cl)cccc2Cl)n1)c1cccc(F)c1. The molecule has 3 aromatic rings. The Morgan fingerprint density at radius 3 is 2.54 bits per heavy atom. The van der Waals surface area contributed by atoms with Crippen molar-refractivity contribution in [2.24, 2.45) is 0 Å². The standard InChI is InChI=1S/C17H12Cl2FN3O/c18-14-5-2-6-15(19)13(14)10-23-8-7-16(22-23)21-17(24)11-3-1-4-12(20)9-11/h1-9H,10H2,(H,21,22,24). The first-order valence-electron chi connectivity index (χ1n) is 7.06. The molecular formula is C17H12Cl2FN3O. The number of hydrogen-bond acceptors (Lipinski definition) is 2. The largest absolute Gasteiger partial charge is 0.305 e. The maximum atomic E-state index is 13.2. The van der Waals surface area contributed by atoms with E-state index in [9.17, 15) is 9.18 Å². The molecule has 0 atom stereocenters. The number of carbonyl (C=O) groups excluding carboxylic acids is 1. The molecule has 24 heavy (non-hydrogen) atoms. The van der Waals surface area contributed by atoms with Crippen LogP contribution in [0, 0.1) is 5.82 Å². The molecule has 0 bridgehead atoms. The number of benzene rings is 2. The Balaban J connectivity index is 1.73. The Kier molecular flexibility index (Phi) is 4.83. The maximum absolute atomic E-state index is 13.2. The lowest BCUT2D eigenvalue weighted by Crippen LogP contribution is -2.13. The molecule has 1 heterocycles. The van der Waals surface area contributed by atoms with Crippen molar-refractivity contribution in [1.29, 1.82) is 0 Å². The van der Waals surface area contributed by atoms with Crippen molar-refractivity contribution in [3.63, 3.8) is 0 Å². The van der Waals surface area contributed by atoms with Gasteiger partial charge in [-0.2, -0.15) is 5.10 Å². The van der Waals surface area contributed by atoms with Crippen molar-refractivity contribution >= 4 is 34.9 Å². The minimum absolute atomic E-state index is 0.221. The Morgan fingerprint density at radius 2 is 1.83 bits per heavy atom. The van der Waals surface area contributed by atoms with Crippen LogP contribution < -0.4 is 5.32 Å². The molecule has 0 radical (unpaired) electrons. The van der Waals surface area contributed by atoms with Gasteiger partial charge in [0, 0.05) is 33.4 Å². The lowest BCUT2D eigenvalue weighted by atomic mass is 10.2. The lowest BCUT2D eigenvalue weighted by Gasteiger charge is -2.07. The molecule has 0 fully saturated rings. The molecule has 4 nitrogen and oxygen atoms in total. The molecule has 0 saturated carbocycles. The van der Waals surface area contributed by atoms with Crippen molar-refractivity contribution in [1.82, 2.24) is 9.78 Å². The van der Waals surface area contributed by atoms with E-state index in [0.29, 0.717) is 22.4 Å². The van der Waals surface area contributed by atoms with Crippen LogP contribution in [0.4, 0.5) is 10.2 Å². The fraction of sp³-hybridized carbons (Fsp3) is 0.0588. The van der Waals surface area contributed by atoms with Crippen LogP contribution in [0.25, 0.3) is 0 Å². The van der Waals surface area contributed by atoms with Gasteiger partial charge in [-0.1, -0.05) is 35.3 Å². The molecule has 1 aromatic heterocycles. The van der Waals surface area contributed by atoms with Gasteiger partial charge in [-0.3, -0.25) is 9.48 Å². The van der Waals surface area contributed by atoms with Crippen molar-refractivity contribution in [3.8, 4) is 0 Å². The second kappa shape index (κ2) is 7.03. The Bertz CT molecular complexity index is 875. The quantitative estimate of drug-likeness (QED) is 0.734. The van der Waals surface area contributed by atoms with E-state index in [4.69, 9.17) is 23.2 Å². The average molecular weight is 364 g/mol. The zero-order valence-corrected chi connectivity index (χ0v) is 13.9. The average Bonchev–Trinajstić information content (AvgIpc) is 2.98. The minimum Gasteiger partial charge on any atom is -0.305 e. The van der Waals surface area contributed by atoms with Crippen LogP contribution in [0.15, 0.2) is 54.7 Å². The number of anilines is 1. The molecule has 0 aliphatic heterocycles. The minimum atomic E-state index is -0.471. The number of halogens is 3. The summed E-state index contributed by atoms with van der Waals surface area (Å²) in [7, 11) is 0. The summed E-state index contributed by atoms with van der Waals surface area (Å²) in [5.41, 5.74) is 0.964. The normalized spacial score (nSPS) is 10.6. The van der Waals surface area contributed by atoms with Gasteiger partial charge >= 0.3 is 0 Å². The van der Waals surface area contributed by atoms with Crippen molar-refractivity contribution in [2.45, 2.75) is 6.54 Å². The number of hydrogen-bond donors (Lipinski definition) is 1. The van der Waals surface area contributed by atoms with E-state index in [1.54, 1.807) is 35.1 Å². The molecule has 1 amide bonds. The van der Waals surface area contributed by atoms with Crippen LogP contribution in [0.3, 0.4) is 0 Å². The van der Waals surface area contributed by atoms with Gasteiger partial charge in [-0.15, -0.1) is 0 Å². The van der Waals surface area contributed by atoms with E-state index in [0.717, 1.165) is 11.6 Å². The molecule has 2 aromatic carbocycles. The first-order chi connectivity index (χ1) is 11.5. The van der Waals surface area contributed by atoms with Crippen molar-refractivity contribution < 1.29 is 9.18 Å². The maximum Gasteiger partial charge on any atom is 0.256 e. The highest BCUT2D eigenvalue weighted by Gasteiger charge is 2.10. The molecule has 0 saturated heterocycles. The summed E-state index contributed by atoms with van der Waals surface area (Å²) in [6.45, 7) is 0.369. The Labute approximate surface area is 147 Å². The molecule has 0 aliphatic carbocycles. The monoisotopic (exact) mass is 363 g/mol. The predicted molar refractivity (Wildman–Crippen MR) is 92.1 cm³/mol. The zero-order chi connectivity index (χ0) is 17.1. The number of aromatic nitrogens is 2. The predicted octanol–water partition coefficient (Wildman–Crippen LogP) is 4.63. The fourth-order valence-corrected chi connectivity index (χ4v) is 2.70. The van der Waals surface area contributed by atoms with Crippen molar-refractivity contribution in [2.75, 3.05) is 5.32 Å². The molecule has 0 aliphatic rings. The van der Waals surface area contributed by atoms with Gasteiger partial charge < -0.3 is 5.32 Å². The van der Waals surface area contributed by atoms with E-state index in [1.165, 1.54) is 18.2 Å². The summed E-state index contributed by atoms with van der Waals surface area (Å²) in [6.07, 6.45) is 1.70. The zero-order valence-electron chi connectivity index (χ0n) is 12.3. The first-order valence-corrected chi connectivity index (χ1v) is 7.82. The third-order valence-electron chi connectivity index (χ3n) is 3.35. The molecular weight excluding hydrogens is 352 g/mol. The summed E-state index contributed by atoms with van der Waals surface area (Å²) in [5.74, 6) is -0.551. The van der Waals surface area contributed by atoms with Crippen LogP contribution in [0.5, 0.6) is 0 Å².